The molecule has 0 saturated carbocycles. The molecule has 9 heteroatoms. The number of thioether (sulfide) groups is 1. The Kier molecular flexibility index (Phi) is 5.70. The van der Waals surface area contributed by atoms with E-state index in [-0.39, 0.29) is 11.7 Å². The first kappa shape index (κ1) is 20.3. The van der Waals surface area contributed by atoms with E-state index in [1.54, 1.807) is 20.8 Å². The molecule has 2 rings (SSSR count). The van der Waals surface area contributed by atoms with Gasteiger partial charge in [-0.2, -0.15) is 18.2 Å². The summed E-state index contributed by atoms with van der Waals surface area (Å²) < 4.78 is 40.5. The molecule has 0 atom stereocenters. The van der Waals surface area contributed by atoms with Crippen molar-refractivity contribution in [2.45, 2.75) is 51.1 Å². The van der Waals surface area contributed by atoms with E-state index >= 15 is 0 Å². The average molecular weight is 387 g/mol. The van der Waals surface area contributed by atoms with Crippen LogP contribution in [0.5, 0.6) is 0 Å². The lowest BCUT2D eigenvalue weighted by atomic mass is 10.1. The molecule has 0 saturated heterocycles. The van der Waals surface area contributed by atoms with Gasteiger partial charge >= 0.3 is 17.6 Å². The van der Waals surface area contributed by atoms with Crippen LogP contribution in [0.15, 0.2) is 39.0 Å². The first-order valence-corrected chi connectivity index (χ1v) is 8.97. The molecular weight excluding hydrogens is 367 g/mol. The van der Waals surface area contributed by atoms with Gasteiger partial charge in [0.25, 0.3) is 0 Å². The summed E-state index contributed by atoms with van der Waals surface area (Å²) in [5.41, 5.74) is -2.18. The lowest BCUT2D eigenvalue weighted by molar-refractivity contribution is -0.137. The summed E-state index contributed by atoms with van der Waals surface area (Å²) in [6.45, 7) is 7.03. The molecule has 1 aromatic carbocycles. The Bertz CT molecular complexity index is 894. The molecule has 1 heterocycles. The molecule has 0 unspecified atom stereocenters. The van der Waals surface area contributed by atoms with Gasteiger partial charge in [-0.3, -0.25) is 4.57 Å². The van der Waals surface area contributed by atoms with E-state index in [9.17, 15) is 22.8 Å². The minimum absolute atomic E-state index is 0.0304. The summed E-state index contributed by atoms with van der Waals surface area (Å²) in [4.78, 5) is 29.1. The van der Waals surface area contributed by atoms with Crippen molar-refractivity contribution in [1.82, 2.24) is 14.1 Å². The third-order valence-corrected chi connectivity index (χ3v) is 4.46. The van der Waals surface area contributed by atoms with Crippen LogP contribution in [0.3, 0.4) is 0 Å². The van der Waals surface area contributed by atoms with Crippen LogP contribution in [0, 0.1) is 0 Å². The fraction of sp³-hybridized carbons (Fsp3) is 0.471. The van der Waals surface area contributed by atoms with Crippen molar-refractivity contribution in [3.05, 3.63) is 56.4 Å². The zero-order valence-electron chi connectivity index (χ0n) is 14.9. The van der Waals surface area contributed by atoms with Crippen LogP contribution in [0.2, 0.25) is 0 Å². The summed E-state index contributed by atoms with van der Waals surface area (Å²) in [6, 6.07) is 4.59. The zero-order chi connectivity index (χ0) is 19.7. The molecule has 0 aliphatic rings. The normalized spacial score (nSPS) is 12.4. The Balaban J connectivity index is 2.54. The van der Waals surface area contributed by atoms with Crippen molar-refractivity contribution < 1.29 is 13.2 Å². The minimum Gasteiger partial charge on any atom is -0.268 e. The van der Waals surface area contributed by atoms with Gasteiger partial charge in [0, 0.05) is 5.54 Å². The summed E-state index contributed by atoms with van der Waals surface area (Å²) in [6.07, 6.45) is -4.42. The first-order chi connectivity index (χ1) is 11.9. The topological polar surface area (TPSA) is 56.9 Å². The number of rotatable bonds is 4. The van der Waals surface area contributed by atoms with Crippen LogP contribution in [0.25, 0.3) is 0 Å². The number of halogens is 3. The molecule has 2 aromatic rings. The Morgan fingerprint density at radius 1 is 1.08 bits per heavy atom. The highest BCUT2D eigenvalue weighted by molar-refractivity contribution is 7.99. The van der Waals surface area contributed by atoms with Crippen LogP contribution in [-0.2, 0) is 18.3 Å². The van der Waals surface area contributed by atoms with E-state index < -0.39 is 28.7 Å². The quantitative estimate of drug-likeness (QED) is 0.755. The van der Waals surface area contributed by atoms with Crippen molar-refractivity contribution >= 4 is 11.8 Å². The van der Waals surface area contributed by atoms with E-state index in [4.69, 9.17) is 0 Å². The molecule has 0 N–H and O–H groups in total. The smallest absolute Gasteiger partial charge is 0.268 e. The molecule has 0 aliphatic heterocycles. The van der Waals surface area contributed by atoms with Crippen LogP contribution >= 0.6 is 11.8 Å². The predicted molar refractivity (Wildman–Crippen MR) is 94.7 cm³/mol. The number of hydrogen-bond donors (Lipinski definition) is 0. The Hall–Kier alpha value is -2.03. The molecule has 1 aromatic heterocycles. The second-order valence-electron chi connectivity index (χ2n) is 6.68. The lowest BCUT2D eigenvalue weighted by Crippen LogP contribution is -2.49. The first-order valence-electron chi connectivity index (χ1n) is 7.98. The third kappa shape index (κ3) is 4.38. The number of hydrogen-bond acceptors (Lipinski definition) is 4. The molecule has 0 amide bonds. The van der Waals surface area contributed by atoms with Crippen LogP contribution in [0.1, 0.15) is 38.8 Å². The molecule has 0 spiro atoms. The van der Waals surface area contributed by atoms with Crippen LogP contribution in [0.4, 0.5) is 13.2 Å². The number of benzene rings is 1. The Morgan fingerprint density at radius 2 is 1.65 bits per heavy atom. The van der Waals surface area contributed by atoms with Gasteiger partial charge in [-0.1, -0.05) is 30.8 Å². The summed E-state index contributed by atoms with van der Waals surface area (Å²) in [7, 11) is 0. The molecule has 5 nitrogen and oxygen atoms in total. The van der Waals surface area contributed by atoms with Crippen molar-refractivity contribution in [1.29, 1.82) is 0 Å². The minimum atomic E-state index is -4.42. The second-order valence-corrected chi connectivity index (χ2v) is 7.91. The van der Waals surface area contributed by atoms with Crippen molar-refractivity contribution in [3.8, 4) is 0 Å². The Morgan fingerprint density at radius 3 is 2.12 bits per heavy atom. The van der Waals surface area contributed by atoms with E-state index in [2.05, 4.69) is 4.98 Å². The number of alkyl halides is 3. The monoisotopic (exact) mass is 387 g/mol. The highest BCUT2D eigenvalue weighted by Gasteiger charge is 2.30. The Labute approximate surface area is 152 Å². The van der Waals surface area contributed by atoms with E-state index in [0.717, 1.165) is 16.7 Å². The molecule has 26 heavy (non-hydrogen) atoms. The maximum absolute atomic E-state index is 12.9. The van der Waals surface area contributed by atoms with Crippen LogP contribution < -0.4 is 11.4 Å². The van der Waals surface area contributed by atoms with E-state index in [1.165, 1.54) is 28.5 Å². The summed E-state index contributed by atoms with van der Waals surface area (Å²) in [5.74, 6) is 0.596. The van der Waals surface area contributed by atoms with Gasteiger partial charge in [-0.25, -0.2) is 14.2 Å². The maximum atomic E-state index is 12.9. The highest BCUT2D eigenvalue weighted by Crippen LogP contribution is 2.29. The average Bonchev–Trinajstić information content (AvgIpc) is 2.49. The van der Waals surface area contributed by atoms with Gasteiger partial charge < -0.3 is 0 Å². The van der Waals surface area contributed by atoms with Crippen molar-refractivity contribution in [2.24, 2.45) is 0 Å². The standard InChI is InChI=1S/C17H20F3N3O2S/c1-5-26-14-21-13(24)23(16(2,3)4)15(25)22(14)10-11-6-8-12(9-7-11)17(18,19)20/h6-9H,5,10H2,1-4H3. The maximum Gasteiger partial charge on any atom is 0.416 e. The highest BCUT2D eigenvalue weighted by atomic mass is 32.2. The van der Waals surface area contributed by atoms with E-state index in [0.29, 0.717) is 11.3 Å². The lowest BCUT2D eigenvalue weighted by Gasteiger charge is -2.23. The number of nitrogens with zero attached hydrogens (tertiary/aromatic N) is 3. The predicted octanol–water partition coefficient (Wildman–Crippen LogP) is 3.34. The second kappa shape index (κ2) is 7.30. The van der Waals surface area contributed by atoms with Crippen LogP contribution in [-0.4, -0.2) is 19.9 Å². The van der Waals surface area contributed by atoms with Gasteiger partial charge in [0.15, 0.2) is 5.16 Å². The zero-order valence-corrected chi connectivity index (χ0v) is 15.7. The fourth-order valence-electron chi connectivity index (χ4n) is 2.41. The fourth-order valence-corrected chi connectivity index (χ4v) is 3.11. The summed E-state index contributed by atoms with van der Waals surface area (Å²) >= 11 is 1.23. The van der Waals surface area contributed by atoms with Gasteiger partial charge in [-0.05, 0) is 44.2 Å². The third-order valence-electron chi connectivity index (χ3n) is 3.60. The SMILES string of the molecule is CCSc1nc(=O)n(C(C)(C)C)c(=O)n1Cc1ccc(C(F)(F)F)cc1. The van der Waals surface area contributed by atoms with Gasteiger partial charge in [-0.15, -0.1) is 0 Å². The molecule has 0 radical (unpaired) electrons. The largest absolute Gasteiger partial charge is 0.416 e. The molecule has 142 valence electrons. The van der Waals surface area contributed by atoms with Crippen molar-refractivity contribution in [3.63, 3.8) is 0 Å². The summed E-state index contributed by atoms with van der Waals surface area (Å²) in [5, 5.41) is 0.253. The van der Waals surface area contributed by atoms with Gasteiger partial charge in [0.2, 0.25) is 0 Å². The van der Waals surface area contributed by atoms with E-state index in [1.807, 2.05) is 6.92 Å². The molecular formula is C17H20F3N3O2S. The molecule has 0 fully saturated rings. The van der Waals surface area contributed by atoms with Crippen molar-refractivity contribution in [2.75, 3.05) is 5.75 Å². The molecule has 0 bridgehead atoms. The number of aromatic nitrogens is 3. The molecule has 0 aliphatic carbocycles. The van der Waals surface area contributed by atoms with Gasteiger partial charge in [0.1, 0.15) is 0 Å². The van der Waals surface area contributed by atoms with Gasteiger partial charge in [0.05, 0.1) is 12.1 Å².